The number of aliphatic hydroxyl groups is 1. The van der Waals surface area contributed by atoms with Crippen LogP contribution in [0.1, 0.15) is 31.0 Å². The van der Waals surface area contributed by atoms with Crippen LogP contribution in [0.2, 0.25) is 0 Å². The van der Waals surface area contributed by atoms with Gasteiger partial charge in [-0.15, -0.1) is 11.3 Å². The molecule has 1 amide bonds. The molecule has 0 saturated carbocycles. The number of benzene rings is 1. The van der Waals surface area contributed by atoms with Crippen molar-refractivity contribution in [3.8, 4) is 10.6 Å². The maximum Gasteiger partial charge on any atom is 0.226 e. The molecule has 1 aromatic carbocycles. The van der Waals surface area contributed by atoms with Gasteiger partial charge in [-0.1, -0.05) is 37.1 Å². The van der Waals surface area contributed by atoms with Crippen molar-refractivity contribution in [2.75, 3.05) is 6.54 Å². The summed E-state index contributed by atoms with van der Waals surface area (Å²) in [5.41, 5.74) is 3.04. The lowest BCUT2D eigenvalue weighted by atomic mass is 10.1. The first kappa shape index (κ1) is 16.6. The lowest BCUT2D eigenvalue weighted by molar-refractivity contribution is -0.120. The van der Waals surface area contributed by atoms with Gasteiger partial charge in [-0.25, -0.2) is 4.98 Å². The van der Waals surface area contributed by atoms with Gasteiger partial charge in [0.1, 0.15) is 5.01 Å². The van der Waals surface area contributed by atoms with Gasteiger partial charge in [0.25, 0.3) is 0 Å². The van der Waals surface area contributed by atoms with E-state index in [1.165, 1.54) is 5.56 Å². The van der Waals surface area contributed by atoms with Gasteiger partial charge in [-0.05, 0) is 19.4 Å². The van der Waals surface area contributed by atoms with Gasteiger partial charge in [0.05, 0.1) is 18.2 Å². The number of carbonyl (C=O) groups is 1. The number of amides is 1. The van der Waals surface area contributed by atoms with E-state index in [2.05, 4.69) is 16.4 Å². The molecule has 1 unspecified atom stereocenters. The van der Waals surface area contributed by atoms with Crippen molar-refractivity contribution in [3.05, 3.63) is 40.9 Å². The fraction of sp³-hybridized carbons (Fsp3) is 0.412. The van der Waals surface area contributed by atoms with Gasteiger partial charge in [-0.3, -0.25) is 4.79 Å². The van der Waals surface area contributed by atoms with E-state index in [4.69, 9.17) is 0 Å². The minimum Gasteiger partial charge on any atom is -0.391 e. The third-order valence-corrected chi connectivity index (χ3v) is 4.26. The van der Waals surface area contributed by atoms with E-state index in [0.29, 0.717) is 13.0 Å². The predicted octanol–water partition coefficient (Wildman–Crippen LogP) is 2.94. The Bertz CT molecular complexity index is 625. The Labute approximate surface area is 135 Å². The van der Waals surface area contributed by atoms with E-state index < -0.39 is 6.10 Å². The largest absolute Gasteiger partial charge is 0.391 e. The zero-order valence-corrected chi connectivity index (χ0v) is 13.8. The fourth-order valence-electron chi connectivity index (χ4n) is 2.19. The summed E-state index contributed by atoms with van der Waals surface area (Å²) >= 11 is 1.55. The average molecular weight is 318 g/mol. The van der Waals surface area contributed by atoms with Gasteiger partial charge in [0, 0.05) is 17.5 Å². The molecule has 0 aliphatic carbocycles. The van der Waals surface area contributed by atoms with Crippen LogP contribution in [0.5, 0.6) is 0 Å². The molecule has 4 nitrogen and oxygen atoms in total. The van der Waals surface area contributed by atoms with Crippen LogP contribution in [0.25, 0.3) is 10.6 Å². The quantitative estimate of drug-likeness (QED) is 0.825. The molecule has 0 bridgehead atoms. The molecule has 118 valence electrons. The Hall–Kier alpha value is -1.72. The van der Waals surface area contributed by atoms with Crippen LogP contribution in [-0.4, -0.2) is 28.6 Å². The van der Waals surface area contributed by atoms with Crippen LogP contribution in [0, 0.1) is 6.92 Å². The monoisotopic (exact) mass is 318 g/mol. The van der Waals surface area contributed by atoms with Gasteiger partial charge >= 0.3 is 0 Å². The maximum absolute atomic E-state index is 11.9. The first-order valence-electron chi connectivity index (χ1n) is 7.54. The highest BCUT2D eigenvalue weighted by Gasteiger charge is 2.10. The second-order valence-electron chi connectivity index (χ2n) is 5.44. The van der Waals surface area contributed by atoms with E-state index >= 15 is 0 Å². The Balaban J connectivity index is 1.90. The molecular formula is C17H22N2O2S. The standard InChI is InChI=1S/C17H22N2O2S/c1-3-5-15(20)10-18-16(21)9-14-11-22-17(19-14)13-7-4-6-12(2)8-13/h4,6-8,11,15,20H,3,5,9-10H2,1-2H3,(H,18,21). The molecule has 0 aliphatic rings. The van der Waals surface area contributed by atoms with Gasteiger partial charge in [-0.2, -0.15) is 0 Å². The minimum atomic E-state index is -0.466. The predicted molar refractivity (Wildman–Crippen MR) is 89.9 cm³/mol. The van der Waals surface area contributed by atoms with Crippen molar-refractivity contribution in [2.45, 2.75) is 39.2 Å². The summed E-state index contributed by atoms with van der Waals surface area (Å²) in [5.74, 6) is -0.101. The van der Waals surface area contributed by atoms with Crippen LogP contribution >= 0.6 is 11.3 Å². The van der Waals surface area contributed by atoms with Crippen molar-refractivity contribution >= 4 is 17.2 Å². The average Bonchev–Trinajstić information content (AvgIpc) is 2.94. The number of nitrogens with zero attached hydrogens (tertiary/aromatic N) is 1. The molecule has 0 spiro atoms. The molecule has 2 rings (SSSR count). The van der Waals surface area contributed by atoms with Gasteiger partial charge in [0.2, 0.25) is 5.91 Å². The van der Waals surface area contributed by atoms with Gasteiger partial charge < -0.3 is 10.4 Å². The summed E-state index contributed by atoms with van der Waals surface area (Å²) in [5, 5.41) is 15.2. The Morgan fingerprint density at radius 2 is 2.27 bits per heavy atom. The molecule has 2 aromatic rings. The first-order chi connectivity index (χ1) is 10.6. The number of nitrogens with one attached hydrogen (secondary N) is 1. The van der Waals surface area contributed by atoms with Crippen LogP contribution < -0.4 is 5.32 Å². The van der Waals surface area contributed by atoms with E-state index in [0.717, 1.165) is 22.7 Å². The molecule has 22 heavy (non-hydrogen) atoms. The number of rotatable bonds is 7. The Morgan fingerprint density at radius 1 is 1.45 bits per heavy atom. The van der Waals surface area contributed by atoms with Crippen molar-refractivity contribution in [1.82, 2.24) is 10.3 Å². The maximum atomic E-state index is 11.9. The Kier molecular flexibility index (Phi) is 6.10. The van der Waals surface area contributed by atoms with Crippen molar-refractivity contribution in [3.63, 3.8) is 0 Å². The lowest BCUT2D eigenvalue weighted by Crippen LogP contribution is -2.33. The molecule has 1 aromatic heterocycles. The highest BCUT2D eigenvalue weighted by atomic mass is 32.1. The minimum absolute atomic E-state index is 0.101. The molecule has 5 heteroatoms. The lowest BCUT2D eigenvalue weighted by Gasteiger charge is -2.09. The summed E-state index contributed by atoms with van der Waals surface area (Å²) in [6, 6.07) is 8.17. The van der Waals surface area contributed by atoms with E-state index in [1.807, 2.05) is 37.4 Å². The van der Waals surface area contributed by atoms with E-state index in [-0.39, 0.29) is 12.3 Å². The number of carbonyl (C=O) groups excluding carboxylic acids is 1. The molecule has 1 atom stereocenters. The number of aliphatic hydroxyl groups excluding tert-OH is 1. The number of hydrogen-bond donors (Lipinski definition) is 2. The SMILES string of the molecule is CCCC(O)CNC(=O)Cc1csc(-c2cccc(C)c2)n1. The topological polar surface area (TPSA) is 62.2 Å². The molecule has 0 radical (unpaired) electrons. The third kappa shape index (κ3) is 4.93. The summed E-state index contributed by atoms with van der Waals surface area (Å²) in [4.78, 5) is 16.4. The summed E-state index contributed by atoms with van der Waals surface area (Å²) in [6.07, 6.45) is 1.39. The zero-order chi connectivity index (χ0) is 15.9. The Morgan fingerprint density at radius 3 is 3.00 bits per heavy atom. The molecule has 0 saturated heterocycles. The van der Waals surface area contributed by atoms with Crippen molar-refractivity contribution < 1.29 is 9.90 Å². The van der Waals surface area contributed by atoms with Crippen LogP contribution in [0.15, 0.2) is 29.6 Å². The highest BCUT2D eigenvalue weighted by Crippen LogP contribution is 2.24. The highest BCUT2D eigenvalue weighted by molar-refractivity contribution is 7.13. The second-order valence-corrected chi connectivity index (χ2v) is 6.29. The van der Waals surface area contributed by atoms with Crippen molar-refractivity contribution in [1.29, 1.82) is 0 Å². The molecule has 0 aliphatic heterocycles. The number of thiazole rings is 1. The van der Waals surface area contributed by atoms with E-state index in [1.54, 1.807) is 11.3 Å². The molecule has 0 fully saturated rings. The number of hydrogen-bond acceptors (Lipinski definition) is 4. The van der Waals surface area contributed by atoms with Crippen LogP contribution in [-0.2, 0) is 11.2 Å². The van der Waals surface area contributed by atoms with Crippen LogP contribution in [0.4, 0.5) is 0 Å². The van der Waals surface area contributed by atoms with Crippen molar-refractivity contribution in [2.24, 2.45) is 0 Å². The van der Waals surface area contributed by atoms with E-state index in [9.17, 15) is 9.90 Å². The van der Waals surface area contributed by atoms with Gasteiger partial charge in [0.15, 0.2) is 0 Å². The first-order valence-corrected chi connectivity index (χ1v) is 8.42. The molecule has 1 heterocycles. The number of aromatic nitrogens is 1. The zero-order valence-electron chi connectivity index (χ0n) is 13.0. The van der Waals surface area contributed by atoms with Crippen LogP contribution in [0.3, 0.4) is 0 Å². The molecular weight excluding hydrogens is 296 g/mol. The summed E-state index contributed by atoms with van der Waals surface area (Å²) in [6.45, 7) is 4.36. The summed E-state index contributed by atoms with van der Waals surface area (Å²) in [7, 11) is 0. The fourth-order valence-corrected chi connectivity index (χ4v) is 3.01. The second kappa shape index (κ2) is 8.06. The normalized spacial score (nSPS) is 12.1. The third-order valence-electron chi connectivity index (χ3n) is 3.32. The smallest absolute Gasteiger partial charge is 0.226 e. The number of aryl methyl sites for hydroxylation is 1. The summed E-state index contributed by atoms with van der Waals surface area (Å²) < 4.78 is 0. The molecule has 2 N–H and O–H groups in total.